The summed E-state index contributed by atoms with van der Waals surface area (Å²) in [6.45, 7) is 5.42. The molecule has 0 bridgehead atoms. The number of nitrogens with one attached hydrogen (secondary N) is 2. The fourth-order valence-corrected chi connectivity index (χ4v) is 4.66. The smallest absolute Gasteiger partial charge is 0.221 e. The van der Waals surface area contributed by atoms with Crippen LogP contribution >= 0.6 is 24.2 Å². The van der Waals surface area contributed by atoms with Gasteiger partial charge in [-0.15, -0.1) is 12.4 Å². The van der Waals surface area contributed by atoms with E-state index in [-0.39, 0.29) is 29.8 Å². The Morgan fingerprint density at radius 1 is 1.43 bits per heavy atom. The molecule has 3 atom stereocenters. The van der Waals surface area contributed by atoms with Crippen LogP contribution in [0.2, 0.25) is 0 Å². The van der Waals surface area contributed by atoms with Gasteiger partial charge in [0.05, 0.1) is 6.10 Å². The molecule has 3 unspecified atom stereocenters. The monoisotopic (exact) mass is 336 g/mol. The standard InChI is InChI=1S/C15H28N2O2S.ClH/c1-4-15(5-2)12(9-13(15)19-3)17-14(18)8-11-10-20-7-6-16-11;/h11-13,16H,4-10H2,1-3H3,(H,17,18);1H. The molecular weight excluding hydrogens is 308 g/mol. The summed E-state index contributed by atoms with van der Waals surface area (Å²) in [6, 6.07) is 0.621. The quantitative estimate of drug-likeness (QED) is 0.781. The zero-order chi connectivity index (χ0) is 14.6. The molecule has 6 heteroatoms. The van der Waals surface area contributed by atoms with Crippen LogP contribution in [0.15, 0.2) is 0 Å². The van der Waals surface area contributed by atoms with Gasteiger partial charge in [0.25, 0.3) is 0 Å². The molecule has 0 radical (unpaired) electrons. The van der Waals surface area contributed by atoms with E-state index in [9.17, 15) is 4.79 Å². The maximum Gasteiger partial charge on any atom is 0.221 e. The molecule has 2 aliphatic rings. The molecule has 2 rings (SSSR count). The van der Waals surface area contributed by atoms with Gasteiger partial charge in [-0.1, -0.05) is 13.8 Å². The van der Waals surface area contributed by atoms with E-state index in [1.54, 1.807) is 7.11 Å². The van der Waals surface area contributed by atoms with Crippen molar-refractivity contribution < 1.29 is 9.53 Å². The Labute approximate surface area is 138 Å². The second kappa shape index (κ2) is 8.61. The molecule has 4 nitrogen and oxygen atoms in total. The van der Waals surface area contributed by atoms with Crippen molar-refractivity contribution in [3.8, 4) is 0 Å². The molecule has 124 valence electrons. The molecule has 1 saturated heterocycles. The van der Waals surface area contributed by atoms with E-state index in [1.807, 2.05) is 11.8 Å². The van der Waals surface area contributed by atoms with E-state index < -0.39 is 0 Å². The highest BCUT2D eigenvalue weighted by Gasteiger charge is 2.53. The first-order valence-electron chi connectivity index (χ1n) is 7.79. The van der Waals surface area contributed by atoms with Crippen molar-refractivity contribution in [3.05, 3.63) is 0 Å². The fourth-order valence-electron chi connectivity index (χ4n) is 3.71. The summed E-state index contributed by atoms with van der Waals surface area (Å²) in [7, 11) is 1.78. The third-order valence-electron chi connectivity index (χ3n) is 5.15. The zero-order valence-corrected chi connectivity index (χ0v) is 14.9. The molecule has 1 aliphatic carbocycles. The van der Waals surface area contributed by atoms with Crippen LogP contribution in [0, 0.1) is 5.41 Å². The normalized spacial score (nSPS) is 30.9. The van der Waals surface area contributed by atoms with Gasteiger partial charge in [-0.3, -0.25) is 4.79 Å². The average Bonchev–Trinajstić information content (AvgIpc) is 2.45. The molecule has 1 amide bonds. The van der Waals surface area contributed by atoms with Gasteiger partial charge in [-0.05, 0) is 19.3 Å². The van der Waals surface area contributed by atoms with Crippen LogP contribution in [0.3, 0.4) is 0 Å². The van der Waals surface area contributed by atoms with E-state index in [0.717, 1.165) is 37.3 Å². The first kappa shape index (κ1) is 19.1. The van der Waals surface area contributed by atoms with E-state index in [2.05, 4.69) is 24.5 Å². The number of hydrogen-bond donors (Lipinski definition) is 2. The minimum absolute atomic E-state index is 0. The largest absolute Gasteiger partial charge is 0.381 e. The predicted octanol–water partition coefficient (Wildman–Crippen LogP) is 2.21. The lowest BCUT2D eigenvalue weighted by Crippen LogP contribution is -2.64. The number of rotatable bonds is 6. The Hall–Kier alpha value is 0.0300. The molecule has 0 spiro atoms. The lowest BCUT2D eigenvalue weighted by Gasteiger charge is -2.55. The van der Waals surface area contributed by atoms with Crippen molar-refractivity contribution >= 4 is 30.1 Å². The van der Waals surface area contributed by atoms with Crippen LogP contribution in [0.5, 0.6) is 0 Å². The summed E-state index contributed by atoms with van der Waals surface area (Å²) in [5.41, 5.74) is 0.138. The highest BCUT2D eigenvalue weighted by Crippen LogP contribution is 2.48. The number of amides is 1. The molecule has 1 aliphatic heterocycles. The van der Waals surface area contributed by atoms with Gasteiger partial charge in [-0.2, -0.15) is 11.8 Å². The van der Waals surface area contributed by atoms with Crippen molar-refractivity contribution in [2.45, 2.75) is 57.7 Å². The number of thioether (sulfide) groups is 1. The highest BCUT2D eigenvalue weighted by atomic mass is 35.5. The predicted molar refractivity (Wildman–Crippen MR) is 91.3 cm³/mol. The van der Waals surface area contributed by atoms with Gasteiger partial charge in [0.2, 0.25) is 5.91 Å². The van der Waals surface area contributed by atoms with Gasteiger partial charge in [0.15, 0.2) is 0 Å². The molecule has 0 aromatic heterocycles. The molecule has 1 saturated carbocycles. The Kier molecular flexibility index (Phi) is 7.82. The van der Waals surface area contributed by atoms with Gasteiger partial charge in [0, 0.05) is 49.1 Å². The maximum absolute atomic E-state index is 12.2. The van der Waals surface area contributed by atoms with Gasteiger partial charge < -0.3 is 15.4 Å². The van der Waals surface area contributed by atoms with E-state index in [4.69, 9.17) is 4.74 Å². The van der Waals surface area contributed by atoms with Crippen LogP contribution < -0.4 is 10.6 Å². The fraction of sp³-hybridized carbons (Fsp3) is 0.933. The van der Waals surface area contributed by atoms with Crippen molar-refractivity contribution in [1.29, 1.82) is 0 Å². The van der Waals surface area contributed by atoms with Crippen molar-refractivity contribution in [2.75, 3.05) is 25.2 Å². The summed E-state index contributed by atoms with van der Waals surface area (Å²) in [5, 5.41) is 6.67. The molecule has 0 aromatic carbocycles. The van der Waals surface area contributed by atoms with Crippen LogP contribution in [0.25, 0.3) is 0 Å². The maximum atomic E-state index is 12.2. The minimum Gasteiger partial charge on any atom is -0.381 e. The van der Waals surface area contributed by atoms with E-state index >= 15 is 0 Å². The first-order chi connectivity index (χ1) is 9.66. The topological polar surface area (TPSA) is 50.4 Å². The van der Waals surface area contributed by atoms with E-state index in [0.29, 0.717) is 18.6 Å². The third kappa shape index (κ3) is 4.06. The lowest BCUT2D eigenvalue weighted by molar-refractivity contribution is -0.141. The van der Waals surface area contributed by atoms with Crippen molar-refractivity contribution in [3.63, 3.8) is 0 Å². The first-order valence-corrected chi connectivity index (χ1v) is 8.95. The summed E-state index contributed by atoms with van der Waals surface area (Å²) in [5.74, 6) is 2.40. The van der Waals surface area contributed by atoms with Crippen molar-refractivity contribution in [1.82, 2.24) is 10.6 Å². The molecule has 2 fully saturated rings. The van der Waals surface area contributed by atoms with Gasteiger partial charge in [-0.25, -0.2) is 0 Å². The Bertz CT molecular complexity index is 334. The van der Waals surface area contributed by atoms with Crippen molar-refractivity contribution in [2.24, 2.45) is 5.41 Å². The average molecular weight is 337 g/mol. The Morgan fingerprint density at radius 2 is 2.14 bits per heavy atom. The van der Waals surface area contributed by atoms with Crippen LogP contribution in [0.4, 0.5) is 0 Å². The number of carbonyl (C=O) groups is 1. The molecular formula is C15H29ClN2O2S. The molecule has 21 heavy (non-hydrogen) atoms. The number of carbonyl (C=O) groups excluding carboxylic acids is 1. The second-order valence-corrected chi connectivity index (χ2v) is 7.10. The third-order valence-corrected chi connectivity index (χ3v) is 6.28. The van der Waals surface area contributed by atoms with Gasteiger partial charge in [0.1, 0.15) is 0 Å². The Balaban J connectivity index is 0.00000220. The second-order valence-electron chi connectivity index (χ2n) is 5.95. The summed E-state index contributed by atoms with van der Waals surface area (Å²) in [6.07, 6.45) is 3.97. The summed E-state index contributed by atoms with van der Waals surface area (Å²) < 4.78 is 5.58. The Morgan fingerprint density at radius 3 is 2.67 bits per heavy atom. The number of ether oxygens (including phenoxy) is 1. The van der Waals surface area contributed by atoms with Gasteiger partial charge >= 0.3 is 0 Å². The molecule has 1 heterocycles. The summed E-state index contributed by atoms with van der Waals surface area (Å²) >= 11 is 1.93. The van der Waals surface area contributed by atoms with Crippen LogP contribution in [-0.2, 0) is 9.53 Å². The van der Waals surface area contributed by atoms with E-state index in [1.165, 1.54) is 0 Å². The number of halogens is 1. The van der Waals surface area contributed by atoms with Crippen LogP contribution in [0.1, 0.15) is 39.5 Å². The minimum atomic E-state index is 0. The highest BCUT2D eigenvalue weighted by molar-refractivity contribution is 7.99. The SMILES string of the molecule is CCC1(CC)C(NC(=O)CC2CSCCN2)CC1OC.Cl. The lowest BCUT2D eigenvalue weighted by atomic mass is 9.58. The summed E-state index contributed by atoms with van der Waals surface area (Å²) in [4.78, 5) is 12.2. The number of methoxy groups -OCH3 is 1. The molecule has 0 aromatic rings. The van der Waals surface area contributed by atoms with Crippen LogP contribution in [-0.4, -0.2) is 49.3 Å². The zero-order valence-electron chi connectivity index (χ0n) is 13.3. The number of hydrogen-bond acceptors (Lipinski definition) is 4. The molecule has 2 N–H and O–H groups in total.